The third kappa shape index (κ3) is 4.79. The summed E-state index contributed by atoms with van der Waals surface area (Å²) >= 11 is 0. The normalized spacial score (nSPS) is 20.5. The first-order valence-electron chi connectivity index (χ1n) is 10.2. The summed E-state index contributed by atoms with van der Waals surface area (Å²) in [6, 6.07) is 5.08. The van der Waals surface area contributed by atoms with E-state index in [1.54, 1.807) is 7.05 Å². The number of carbonyl (C=O) groups excluding carboxylic acids is 3. The number of carboxylic acid groups (broad SMARTS) is 1. The Balaban J connectivity index is 1.81. The molecule has 2 aliphatic heterocycles. The van der Waals surface area contributed by atoms with Crippen molar-refractivity contribution in [3.63, 3.8) is 0 Å². The summed E-state index contributed by atoms with van der Waals surface area (Å²) in [4.78, 5) is 50.6. The molecule has 3 N–H and O–H groups in total. The lowest BCUT2D eigenvalue weighted by Gasteiger charge is -2.34. The van der Waals surface area contributed by atoms with Gasteiger partial charge in [-0.1, -0.05) is 6.07 Å². The van der Waals surface area contributed by atoms with Crippen LogP contribution in [0.4, 0.5) is 11.4 Å². The first kappa shape index (κ1) is 21.8. The van der Waals surface area contributed by atoms with E-state index in [9.17, 15) is 19.2 Å². The summed E-state index contributed by atoms with van der Waals surface area (Å²) in [7, 11) is 1.76. The Bertz CT molecular complexity index is 848. The zero-order valence-electron chi connectivity index (χ0n) is 17.3. The van der Waals surface area contributed by atoms with E-state index in [2.05, 4.69) is 10.6 Å². The Labute approximate surface area is 175 Å². The standard InChI is InChI=1S/C21H28N4O5/c1-13(26)25(18-5-6-19(27)23-21(18)30)17-4-3-15(11-16(17)22-2)14-7-9-24(10-8-14)12-20(28)29/h3-4,11,14,18,22H,5-10,12H2,1-2H3,(H,28,29)(H,23,27,30). The number of carboxylic acids is 1. The molecule has 2 saturated heterocycles. The fourth-order valence-electron chi connectivity index (χ4n) is 4.32. The molecule has 3 rings (SSSR count). The molecule has 0 saturated carbocycles. The molecule has 9 nitrogen and oxygen atoms in total. The molecular weight excluding hydrogens is 388 g/mol. The average molecular weight is 416 g/mol. The molecule has 1 aromatic carbocycles. The van der Waals surface area contributed by atoms with E-state index in [4.69, 9.17) is 5.11 Å². The van der Waals surface area contributed by atoms with Crippen molar-refractivity contribution in [3.05, 3.63) is 23.8 Å². The van der Waals surface area contributed by atoms with Gasteiger partial charge in [0.25, 0.3) is 0 Å². The molecule has 0 radical (unpaired) electrons. The predicted octanol–water partition coefficient (Wildman–Crippen LogP) is 1.15. The second-order valence-electron chi connectivity index (χ2n) is 7.83. The Morgan fingerprint density at radius 1 is 1.23 bits per heavy atom. The van der Waals surface area contributed by atoms with Crippen LogP contribution in [0.5, 0.6) is 0 Å². The van der Waals surface area contributed by atoms with Crippen molar-refractivity contribution in [2.45, 2.75) is 44.6 Å². The fourth-order valence-corrected chi connectivity index (χ4v) is 4.32. The molecule has 2 fully saturated rings. The van der Waals surface area contributed by atoms with E-state index in [0.29, 0.717) is 11.6 Å². The lowest BCUT2D eigenvalue weighted by atomic mass is 9.88. The van der Waals surface area contributed by atoms with Crippen LogP contribution in [0, 0.1) is 0 Å². The minimum atomic E-state index is -0.812. The van der Waals surface area contributed by atoms with Crippen molar-refractivity contribution in [2.24, 2.45) is 0 Å². The van der Waals surface area contributed by atoms with E-state index in [1.807, 2.05) is 23.1 Å². The summed E-state index contributed by atoms with van der Waals surface area (Å²) in [5.74, 6) is -1.56. The third-order valence-corrected chi connectivity index (χ3v) is 5.83. The van der Waals surface area contributed by atoms with Crippen LogP contribution in [0.1, 0.15) is 44.1 Å². The van der Waals surface area contributed by atoms with Crippen molar-refractivity contribution in [2.75, 3.05) is 36.9 Å². The van der Waals surface area contributed by atoms with E-state index in [-0.39, 0.29) is 31.2 Å². The molecule has 1 unspecified atom stereocenters. The van der Waals surface area contributed by atoms with Crippen LogP contribution in [0.2, 0.25) is 0 Å². The summed E-state index contributed by atoms with van der Waals surface area (Å²) in [5.41, 5.74) is 2.46. The van der Waals surface area contributed by atoms with E-state index < -0.39 is 17.9 Å². The lowest BCUT2D eigenvalue weighted by molar-refractivity contribution is -0.138. The number of likely N-dealkylation sites (tertiary alicyclic amines) is 1. The number of amides is 3. The average Bonchev–Trinajstić information content (AvgIpc) is 2.70. The quantitative estimate of drug-likeness (QED) is 0.595. The van der Waals surface area contributed by atoms with Crippen molar-refractivity contribution in [3.8, 4) is 0 Å². The number of imide groups is 1. The first-order valence-corrected chi connectivity index (χ1v) is 10.2. The van der Waals surface area contributed by atoms with Gasteiger partial charge >= 0.3 is 5.97 Å². The number of nitrogens with one attached hydrogen (secondary N) is 2. The van der Waals surface area contributed by atoms with Gasteiger partial charge in [0, 0.05) is 20.4 Å². The number of nitrogens with zero attached hydrogens (tertiary/aromatic N) is 2. The maximum Gasteiger partial charge on any atom is 0.317 e. The van der Waals surface area contributed by atoms with Gasteiger partial charge in [0.2, 0.25) is 17.7 Å². The largest absolute Gasteiger partial charge is 0.480 e. The topological polar surface area (TPSA) is 119 Å². The summed E-state index contributed by atoms with van der Waals surface area (Å²) in [6.07, 6.45) is 2.21. The van der Waals surface area contributed by atoms with Gasteiger partial charge in [-0.2, -0.15) is 0 Å². The summed E-state index contributed by atoms with van der Waals surface area (Å²) in [6.45, 7) is 2.93. The van der Waals surface area contributed by atoms with Gasteiger partial charge in [-0.05, 0) is 56.0 Å². The molecule has 0 aliphatic carbocycles. The van der Waals surface area contributed by atoms with Crippen molar-refractivity contribution in [1.82, 2.24) is 10.2 Å². The number of aliphatic carboxylic acids is 1. The second kappa shape index (κ2) is 9.25. The maximum absolute atomic E-state index is 12.4. The number of hydrogen-bond donors (Lipinski definition) is 3. The van der Waals surface area contributed by atoms with Crippen LogP contribution < -0.4 is 15.5 Å². The van der Waals surface area contributed by atoms with Crippen molar-refractivity contribution >= 4 is 35.1 Å². The molecule has 0 spiro atoms. The number of benzene rings is 1. The predicted molar refractivity (Wildman–Crippen MR) is 111 cm³/mol. The Morgan fingerprint density at radius 3 is 2.50 bits per heavy atom. The summed E-state index contributed by atoms with van der Waals surface area (Å²) < 4.78 is 0. The van der Waals surface area contributed by atoms with Gasteiger partial charge in [0.05, 0.1) is 17.9 Å². The minimum Gasteiger partial charge on any atom is -0.480 e. The molecular formula is C21H28N4O5. The molecule has 162 valence electrons. The zero-order chi connectivity index (χ0) is 21.8. The maximum atomic E-state index is 12.4. The van der Waals surface area contributed by atoms with Crippen LogP contribution in [-0.4, -0.2) is 66.4 Å². The molecule has 1 atom stereocenters. The molecule has 0 aromatic heterocycles. The smallest absolute Gasteiger partial charge is 0.317 e. The SMILES string of the molecule is CNc1cc(C2CCN(CC(=O)O)CC2)ccc1N(C(C)=O)C1CCC(=O)NC1=O. The Morgan fingerprint density at radius 2 is 1.93 bits per heavy atom. The van der Waals surface area contributed by atoms with Gasteiger partial charge in [0.1, 0.15) is 6.04 Å². The highest BCUT2D eigenvalue weighted by atomic mass is 16.4. The highest BCUT2D eigenvalue weighted by Crippen LogP contribution is 2.35. The zero-order valence-corrected chi connectivity index (χ0v) is 17.3. The summed E-state index contributed by atoms with van der Waals surface area (Å²) in [5, 5.41) is 14.4. The van der Waals surface area contributed by atoms with E-state index in [1.165, 1.54) is 11.8 Å². The highest BCUT2D eigenvalue weighted by Gasteiger charge is 2.35. The monoisotopic (exact) mass is 416 g/mol. The Hall–Kier alpha value is -2.94. The number of rotatable bonds is 6. The lowest BCUT2D eigenvalue weighted by Crippen LogP contribution is -2.54. The minimum absolute atomic E-state index is 0.0625. The van der Waals surface area contributed by atoms with Gasteiger partial charge in [0.15, 0.2) is 0 Å². The molecule has 0 bridgehead atoms. The van der Waals surface area contributed by atoms with Crippen molar-refractivity contribution < 1.29 is 24.3 Å². The van der Waals surface area contributed by atoms with E-state index >= 15 is 0 Å². The molecule has 9 heteroatoms. The number of hydrogen-bond acceptors (Lipinski definition) is 6. The van der Waals surface area contributed by atoms with Crippen LogP contribution in [0.3, 0.4) is 0 Å². The van der Waals surface area contributed by atoms with Gasteiger partial charge in [-0.3, -0.25) is 34.3 Å². The fraction of sp³-hybridized carbons (Fsp3) is 0.524. The van der Waals surface area contributed by atoms with Crippen LogP contribution >= 0.6 is 0 Å². The number of piperidine rings is 2. The first-order chi connectivity index (χ1) is 14.3. The molecule has 2 heterocycles. The molecule has 3 amide bonds. The van der Waals surface area contributed by atoms with Crippen molar-refractivity contribution in [1.29, 1.82) is 0 Å². The number of carbonyl (C=O) groups is 4. The van der Waals surface area contributed by atoms with Crippen LogP contribution in [0.25, 0.3) is 0 Å². The number of anilines is 2. The second-order valence-corrected chi connectivity index (χ2v) is 7.83. The third-order valence-electron chi connectivity index (χ3n) is 5.83. The molecule has 30 heavy (non-hydrogen) atoms. The molecule has 1 aromatic rings. The highest BCUT2D eigenvalue weighted by molar-refractivity contribution is 6.07. The van der Waals surface area contributed by atoms with Crippen LogP contribution in [-0.2, 0) is 19.2 Å². The van der Waals surface area contributed by atoms with Crippen LogP contribution in [0.15, 0.2) is 18.2 Å². The molecule has 2 aliphatic rings. The van der Waals surface area contributed by atoms with E-state index in [0.717, 1.165) is 37.2 Å². The van der Waals surface area contributed by atoms with Gasteiger partial charge in [-0.25, -0.2) is 0 Å². The Kier molecular flexibility index (Phi) is 6.71. The van der Waals surface area contributed by atoms with Gasteiger partial charge < -0.3 is 10.4 Å². The van der Waals surface area contributed by atoms with Gasteiger partial charge in [-0.15, -0.1) is 0 Å².